The van der Waals surface area contributed by atoms with E-state index in [1.165, 1.54) is 6.07 Å². The summed E-state index contributed by atoms with van der Waals surface area (Å²) in [5, 5.41) is 0.363. The summed E-state index contributed by atoms with van der Waals surface area (Å²) in [6.07, 6.45) is 0.698. The van der Waals surface area contributed by atoms with Gasteiger partial charge in [0.15, 0.2) is 5.43 Å². The van der Waals surface area contributed by atoms with Crippen molar-refractivity contribution in [1.29, 1.82) is 0 Å². The van der Waals surface area contributed by atoms with Gasteiger partial charge < -0.3 is 14.1 Å². The van der Waals surface area contributed by atoms with Crippen LogP contribution in [-0.2, 0) is 4.74 Å². The Kier molecular flexibility index (Phi) is 5.84. The lowest BCUT2D eigenvalue weighted by Crippen LogP contribution is -2.39. The summed E-state index contributed by atoms with van der Waals surface area (Å²) >= 11 is 3.38. The number of amides is 1. The van der Waals surface area contributed by atoms with Crippen molar-refractivity contribution in [3.8, 4) is 0 Å². The lowest BCUT2D eigenvalue weighted by atomic mass is 9.98. The Bertz CT molecular complexity index is 1240. The molecule has 0 bridgehead atoms. The van der Waals surface area contributed by atoms with E-state index in [4.69, 9.17) is 9.15 Å². The van der Waals surface area contributed by atoms with E-state index in [-0.39, 0.29) is 22.7 Å². The normalized spacial score (nSPS) is 19.0. The van der Waals surface area contributed by atoms with Crippen molar-refractivity contribution in [3.05, 3.63) is 79.9 Å². The van der Waals surface area contributed by atoms with Crippen molar-refractivity contribution in [1.82, 2.24) is 9.80 Å². The first-order valence-electron chi connectivity index (χ1n) is 10.7. The molecule has 1 saturated heterocycles. The van der Waals surface area contributed by atoms with Gasteiger partial charge in [-0.3, -0.25) is 14.5 Å². The van der Waals surface area contributed by atoms with Gasteiger partial charge in [0.2, 0.25) is 5.76 Å². The van der Waals surface area contributed by atoms with Gasteiger partial charge >= 0.3 is 0 Å². The minimum Gasteiger partial charge on any atom is -0.450 e. The summed E-state index contributed by atoms with van der Waals surface area (Å²) in [6, 6.07) is 10.6. The van der Waals surface area contributed by atoms with Gasteiger partial charge in [0.25, 0.3) is 5.91 Å². The maximum Gasteiger partial charge on any atom is 0.290 e. The van der Waals surface area contributed by atoms with Crippen molar-refractivity contribution in [3.63, 3.8) is 0 Å². The number of benzene rings is 2. The molecule has 1 amide bonds. The molecule has 1 aromatic heterocycles. The zero-order valence-corrected chi connectivity index (χ0v) is 18.9. The number of morpholine rings is 1. The minimum absolute atomic E-state index is 0.00412. The fourth-order valence-corrected chi connectivity index (χ4v) is 4.89. The molecule has 0 spiro atoms. The second-order valence-electron chi connectivity index (χ2n) is 8.04. The molecule has 0 radical (unpaired) electrons. The Balaban J connectivity index is 1.55. The third-order valence-corrected chi connectivity index (χ3v) is 6.60. The average molecular weight is 501 g/mol. The summed E-state index contributed by atoms with van der Waals surface area (Å²) < 4.78 is 26.9. The van der Waals surface area contributed by atoms with Gasteiger partial charge in [-0.05, 0) is 30.7 Å². The fourth-order valence-electron chi connectivity index (χ4n) is 4.53. The van der Waals surface area contributed by atoms with E-state index in [1.807, 2.05) is 0 Å². The first kappa shape index (κ1) is 21.3. The fraction of sp³-hybridized carbons (Fsp3) is 0.333. The number of rotatable bonds is 5. The highest BCUT2D eigenvalue weighted by Crippen LogP contribution is 2.39. The maximum absolute atomic E-state index is 14.9. The molecule has 2 aliphatic rings. The predicted octanol–water partition coefficient (Wildman–Crippen LogP) is 3.96. The van der Waals surface area contributed by atoms with Crippen molar-refractivity contribution in [2.24, 2.45) is 0 Å². The third kappa shape index (κ3) is 3.76. The number of halogens is 2. The molecule has 0 N–H and O–H groups in total. The van der Waals surface area contributed by atoms with E-state index in [9.17, 15) is 14.0 Å². The molecular formula is C24H22BrFN2O4. The number of hydrogen-bond donors (Lipinski definition) is 0. The Morgan fingerprint density at radius 1 is 1.06 bits per heavy atom. The highest BCUT2D eigenvalue weighted by atomic mass is 79.9. The molecule has 2 aliphatic heterocycles. The SMILES string of the molecule is O=C1c2oc3ccc(Br)cc3c(=O)c2[C@H](c2ccccc2F)N1CCCN1CCOCC1. The van der Waals surface area contributed by atoms with Crippen LogP contribution in [0.2, 0.25) is 0 Å². The molecule has 6 nitrogen and oxygen atoms in total. The zero-order valence-electron chi connectivity index (χ0n) is 17.4. The second kappa shape index (κ2) is 8.77. The lowest BCUT2D eigenvalue weighted by molar-refractivity contribution is 0.0353. The van der Waals surface area contributed by atoms with Crippen LogP contribution in [0.25, 0.3) is 11.0 Å². The highest BCUT2D eigenvalue weighted by molar-refractivity contribution is 9.10. The molecule has 2 aromatic carbocycles. The topological polar surface area (TPSA) is 63.0 Å². The molecule has 32 heavy (non-hydrogen) atoms. The minimum atomic E-state index is -0.817. The monoisotopic (exact) mass is 500 g/mol. The van der Waals surface area contributed by atoms with E-state index in [1.54, 1.807) is 41.3 Å². The molecule has 5 rings (SSSR count). The van der Waals surface area contributed by atoms with Crippen molar-refractivity contribution < 1.29 is 18.3 Å². The van der Waals surface area contributed by atoms with Gasteiger partial charge in [-0.15, -0.1) is 0 Å². The summed E-state index contributed by atoms with van der Waals surface area (Å²) in [5.74, 6) is -0.827. The van der Waals surface area contributed by atoms with Gasteiger partial charge in [0.05, 0.1) is 30.2 Å². The zero-order chi connectivity index (χ0) is 22.2. The first-order chi connectivity index (χ1) is 15.5. The Labute approximate surface area is 192 Å². The van der Waals surface area contributed by atoms with Gasteiger partial charge in [0, 0.05) is 36.2 Å². The Morgan fingerprint density at radius 3 is 2.62 bits per heavy atom. The van der Waals surface area contributed by atoms with Gasteiger partial charge in [-0.2, -0.15) is 0 Å². The molecule has 3 aromatic rings. The number of nitrogens with zero attached hydrogens (tertiary/aromatic N) is 2. The van der Waals surface area contributed by atoms with Crippen LogP contribution >= 0.6 is 15.9 Å². The molecule has 0 unspecified atom stereocenters. The van der Waals surface area contributed by atoms with Crippen molar-refractivity contribution in [2.75, 3.05) is 39.4 Å². The van der Waals surface area contributed by atoms with Crippen molar-refractivity contribution in [2.45, 2.75) is 12.5 Å². The van der Waals surface area contributed by atoms with E-state index < -0.39 is 11.9 Å². The standard InChI is InChI=1S/C24H22BrFN2O4/c25-15-6-7-19-17(14-15)22(29)20-21(16-4-1-2-5-18(16)26)28(24(30)23(20)32-19)9-3-8-27-10-12-31-13-11-27/h1-2,4-7,14,21H,3,8-13H2/t21-/m0/s1. The number of carbonyl (C=O) groups excluding carboxylic acids is 1. The van der Waals surface area contributed by atoms with Gasteiger partial charge in [-0.1, -0.05) is 34.1 Å². The van der Waals surface area contributed by atoms with Crippen molar-refractivity contribution >= 4 is 32.8 Å². The van der Waals surface area contributed by atoms with Crippen LogP contribution in [0.3, 0.4) is 0 Å². The molecule has 8 heteroatoms. The van der Waals surface area contributed by atoms with Gasteiger partial charge in [0.1, 0.15) is 11.4 Å². The molecule has 0 aliphatic carbocycles. The van der Waals surface area contributed by atoms with E-state index >= 15 is 0 Å². The quantitative estimate of drug-likeness (QED) is 0.530. The summed E-state index contributed by atoms with van der Waals surface area (Å²) in [7, 11) is 0. The number of fused-ring (bicyclic) bond motifs is 2. The van der Waals surface area contributed by atoms with E-state index in [0.717, 1.165) is 24.1 Å². The van der Waals surface area contributed by atoms with Crippen LogP contribution in [0, 0.1) is 5.82 Å². The van der Waals surface area contributed by atoms with E-state index in [2.05, 4.69) is 20.8 Å². The van der Waals surface area contributed by atoms with Crippen LogP contribution in [-0.4, -0.2) is 55.1 Å². The number of carbonyl (C=O) groups is 1. The molecular weight excluding hydrogens is 479 g/mol. The third-order valence-electron chi connectivity index (χ3n) is 6.10. The molecule has 1 atom stereocenters. The predicted molar refractivity (Wildman–Crippen MR) is 121 cm³/mol. The highest BCUT2D eigenvalue weighted by Gasteiger charge is 2.43. The molecule has 3 heterocycles. The lowest BCUT2D eigenvalue weighted by Gasteiger charge is -2.29. The van der Waals surface area contributed by atoms with E-state index in [0.29, 0.717) is 42.7 Å². The van der Waals surface area contributed by atoms with Crippen LogP contribution < -0.4 is 5.43 Å². The van der Waals surface area contributed by atoms with Crippen LogP contribution in [0.5, 0.6) is 0 Å². The number of hydrogen-bond acceptors (Lipinski definition) is 5. The summed E-state index contributed by atoms with van der Waals surface area (Å²) in [6.45, 7) is 4.29. The average Bonchev–Trinajstić information content (AvgIpc) is 3.07. The smallest absolute Gasteiger partial charge is 0.290 e. The molecule has 0 saturated carbocycles. The largest absolute Gasteiger partial charge is 0.450 e. The van der Waals surface area contributed by atoms with Crippen LogP contribution in [0.4, 0.5) is 4.39 Å². The summed E-state index contributed by atoms with van der Waals surface area (Å²) in [5.41, 5.74) is 0.539. The van der Waals surface area contributed by atoms with Crippen LogP contribution in [0.15, 0.2) is 56.1 Å². The number of ether oxygens (including phenoxy) is 1. The van der Waals surface area contributed by atoms with Gasteiger partial charge in [-0.25, -0.2) is 4.39 Å². The van der Waals surface area contributed by atoms with Crippen LogP contribution in [0.1, 0.15) is 34.1 Å². The maximum atomic E-state index is 14.9. The Hall–Kier alpha value is -2.55. The second-order valence-corrected chi connectivity index (χ2v) is 8.96. The Morgan fingerprint density at radius 2 is 1.84 bits per heavy atom. The first-order valence-corrected chi connectivity index (χ1v) is 11.5. The molecule has 1 fully saturated rings. The summed E-state index contributed by atoms with van der Waals surface area (Å²) in [4.78, 5) is 30.7. The molecule has 166 valence electrons.